The maximum atomic E-state index is 14.1. The number of carbonyl (C=O) groups is 2. The van der Waals surface area contributed by atoms with E-state index in [0.29, 0.717) is 30.0 Å². The van der Waals surface area contributed by atoms with Crippen LogP contribution in [0.5, 0.6) is 5.75 Å². The molecule has 5 nitrogen and oxygen atoms in total. The first-order chi connectivity index (χ1) is 16.8. The van der Waals surface area contributed by atoms with Crippen LogP contribution < -0.4 is 10.1 Å². The van der Waals surface area contributed by atoms with Crippen molar-refractivity contribution in [2.45, 2.75) is 52.9 Å². The first-order valence-electron chi connectivity index (χ1n) is 12.0. The van der Waals surface area contributed by atoms with E-state index in [9.17, 15) is 19.1 Å². The summed E-state index contributed by atoms with van der Waals surface area (Å²) >= 11 is 0. The molecule has 0 radical (unpaired) electrons. The Morgan fingerprint density at radius 1 is 1.00 bits per heavy atom. The Bertz CT molecular complexity index is 1190. The van der Waals surface area contributed by atoms with Gasteiger partial charge in [0.05, 0.1) is 24.3 Å². The number of nitrogens with one attached hydrogen (secondary N) is 1. The van der Waals surface area contributed by atoms with Crippen LogP contribution in [0.3, 0.4) is 0 Å². The largest absolute Gasteiger partial charge is 0.491 e. The number of aryl methyl sites for hydroxylation is 2. The number of carboxylic acids is 1. The second-order valence-corrected chi connectivity index (χ2v) is 8.67. The minimum Gasteiger partial charge on any atom is -0.491 e. The number of hydrogen-bond donors (Lipinski definition) is 2. The number of amides is 1. The summed E-state index contributed by atoms with van der Waals surface area (Å²) in [6, 6.07) is 14.9. The molecule has 0 unspecified atom stereocenters. The molecule has 0 bridgehead atoms. The fraction of sp³-hybridized carbons (Fsp3) is 0.310. The number of carboxylic acid groups (broad SMARTS) is 1. The average molecular weight is 478 g/mol. The van der Waals surface area contributed by atoms with Gasteiger partial charge in [0.1, 0.15) is 11.6 Å². The first kappa shape index (κ1) is 25.9. The molecular weight excluding hydrogens is 445 g/mol. The zero-order valence-electron chi connectivity index (χ0n) is 20.5. The second kappa shape index (κ2) is 12.2. The number of carbonyl (C=O) groups excluding carboxylic acids is 1. The van der Waals surface area contributed by atoms with Crippen molar-refractivity contribution in [1.29, 1.82) is 0 Å². The van der Waals surface area contributed by atoms with Crippen LogP contribution in [-0.2, 0) is 17.6 Å². The Labute approximate surface area is 206 Å². The number of benzene rings is 3. The number of aromatic carboxylic acids is 1. The van der Waals surface area contributed by atoms with Crippen molar-refractivity contribution in [1.82, 2.24) is 0 Å². The van der Waals surface area contributed by atoms with Crippen molar-refractivity contribution in [3.63, 3.8) is 0 Å². The molecule has 0 aromatic heterocycles. The Morgan fingerprint density at radius 3 is 2.40 bits per heavy atom. The monoisotopic (exact) mass is 477 g/mol. The van der Waals surface area contributed by atoms with Crippen LogP contribution in [0, 0.1) is 12.7 Å². The number of hydrogen-bond acceptors (Lipinski definition) is 3. The summed E-state index contributed by atoms with van der Waals surface area (Å²) in [5, 5.41) is 12.6. The maximum absolute atomic E-state index is 14.1. The van der Waals surface area contributed by atoms with Crippen LogP contribution in [0.4, 0.5) is 10.1 Å². The van der Waals surface area contributed by atoms with Gasteiger partial charge in [0.25, 0.3) is 0 Å². The summed E-state index contributed by atoms with van der Waals surface area (Å²) in [5.74, 6) is -1.32. The second-order valence-electron chi connectivity index (χ2n) is 8.67. The van der Waals surface area contributed by atoms with E-state index in [2.05, 4.69) is 12.2 Å². The van der Waals surface area contributed by atoms with Gasteiger partial charge in [0, 0.05) is 0 Å². The molecule has 0 saturated carbocycles. The Morgan fingerprint density at radius 2 is 1.74 bits per heavy atom. The van der Waals surface area contributed by atoms with Crippen molar-refractivity contribution in [2.75, 3.05) is 11.9 Å². The van der Waals surface area contributed by atoms with Gasteiger partial charge in [-0.2, -0.15) is 0 Å². The fourth-order valence-electron chi connectivity index (χ4n) is 3.89. The van der Waals surface area contributed by atoms with Crippen molar-refractivity contribution < 1.29 is 23.8 Å². The summed E-state index contributed by atoms with van der Waals surface area (Å²) in [7, 11) is 0. The van der Waals surface area contributed by atoms with Gasteiger partial charge >= 0.3 is 5.97 Å². The summed E-state index contributed by atoms with van der Waals surface area (Å²) in [5.41, 5.74) is 4.07. The van der Waals surface area contributed by atoms with Gasteiger partial charge in [-0.25, -0.2) is 9.18 Å². The fourth-order valence-corrected chi connectivity index (χ4v) is 3.89. The topological polar surface area (TPSA) is 75.6 Å². The van der Waals surface area contributed by atoms with E-state index in [0.717, 1.165) is 42.0 Å². The lowest BCUT2D eigenvalue weighted by Crippen LogP contribution is -2.16. The summed E-state index contributed by atoms with van der Waals surface area (Å²) in [4.78, 5) is 24.8. The van der Waals surface area contributed by atoms with Crippen molar-refractivity contribution >= 4 is 17.6 Å². The van der Waals surface area contributed by atoms with Gasteiger partial charge in [-0.15, -0.1) is 0 Å². The lowest BCUT2D eigenvalue weighted by molar-refractivity contribution is -0.115. The third-order valence-corrected chi connectivity index (χ3v) is 5.70. The van der Waals surface area contributed by atoms with Crippen molar-refractivity contribution in [2.24, 2.45) is 0 Å². The predicted molar refractivity (Wildman–Crippen MR) is 137 cm³/mol. The van der Waals surface area contributed by atoms with Crippen LogP contribution in [0.2, 0.25) is 0 Å². The van der Waals surface area contributed by atoms with E-state index in [-0.39, 0.29) is 23.5 Å². The standard InChI is InChI=1S/C29H32FNO4/c1-4-6-7-21-16-22(25-18-23(30)12-13-24(25)29(33)34)17-26(28(21)35-14-5-2)31-27(32)15-20-10-8-19(3)9-11-20/h8-13,16-18H,4-7,14-15H2,1-3H3,(H,31,32)(H,33,34). The van der Waals surface area contributed by atoms with Crippen molar-refractivity contribution in [3.8, 4) is 16.9 Å². The third-order valence-electron chi connectivity index (χ3n) is 5.70. The Balaban J connectivity index is 2.08. The highest BCUT2D eigenvalue weighted by atomic mass is 19.1. The SMILES string of the molecule is CCCCc1cc(-c2cc(F)ccc2C(=O)O)cc(NC(=O)Cc2ccc(C)cc2)c1OCCC. The smallest absolute Gasteiger partial charge is 0.336 e. The van der Waals surface area contributed by atoms with Gasteiger partial charge in [-0.05, 0) is 78.8 Å². The zero-order valence-corrected chi connectivity index (χ0v) is 20.5. The Kier molecular flexibility index (Phi) is 9.01. The molecule has 3 rings (SSSR count). The van der Waals surface area contributed by atoms with Gasteiger partial charge in [0.2, 0.25) is 5.91 Å². The molecule has 3 aromatic carbocycles. The average Bonchev–Trinajstić information content (AvgIpc) is 2.83. The number of ether oxygens (including phenoxy) is 1. The van der Waals surface area contributed by atoms with E-state index in [1.165, 1.54) is 12.1 Å². The van der Waals surface area contributed by atoms with Crippen LogP contribution in [0.15, 0.2) is 54.6 Å². The Hall–Kier alpha value is -3.67. The number of anilines is 1. The first-order valence-corrected chi connectivity index (χ1v) is 12.0. The molecule has 0 heterocycles. The molecule has 35 heavy (non-hydrogen) atoms. The molecular formula is C29H32FNO4. The minimum atomic E-state index is -1.15. The highest BCUT2D eigenvalue weighted by Crippen LogP contribution is 2.37. The van der Waals surface area contributed by atoms with E-state index >= 15 is 0 Å². The van der Waals surface area contributed by atoms with E-state index in [1.54, 1.807) is 6.07 Å². The van der Waals surface area contributed by atoms with E-state index in [4.69, 9.17) is 4.74 Å². The molecule has 3 aromatic rings. The highest BCUT2D eigenvalue weighted by molar-refractivity contribution is 5.98. The maximum Gasteiger partial charge on any atom is 0.336 e. The van der Waals surface area contributed by atoms with Crippen LogP contribution in [0.25, 0.3) is 11.1 Å². The molecule has 0 fully saturated rings. The molecule has 0 atom stereocenters. The predicted octanol–water partition coefficient (Wildman–Crippen LogP) is 6.81. The van der Waals surface area contributed by atoms with Crippen LogP contribution in [-0.4, -0.2) is 23.6 Å². The van der Waals surface area contributed by atoms with Crippen LogP contribution in [0.1, 0.15) is 60.2 Å². The molecule has 1 amide bonds. The molecule has 0 aliphatic carbocycles. The quantitative estimate of drug-likeness (QED) is 0.318. The number of unbranched alkanes of at least 4 members (excludes halogenated alkanes) is 1. The van der Waals surface area contributed by atoms with Gasteiger partial charge < -0.3 is 15.2 Å². The summed E-state index contributed by atoms with van der Waals surface area (Å²) in [6.45, 7) is 6.54. The molecule has 6 heteroatoms. The lowest BCUT2D eigenvalue weighted by atomic mass is 9.94. The highest BCUT2D eigenvalue weighted by Gasteiger charge is 2.19. The molecule has 2 N–H and O–H groups in total. The minimum absolute atomic E-state index is 0.00741. The lowest BCUT2D eigenvalue weighted by Gasteiger charge is -2.19. The number of halogens is 1. The number of rotatable bonds is 11. The van der Waals surface area contributed by atoms with Gasteiger partial charge in [0.15, 0.2) is 0 Å². The third kappa shape index (κ3) is 6.92. The van der Waals surface area contributed by atoms with Gasteiger partial charge in [-0.1, -0.05) is 50.1 Å². The van der Waals surface area contributed by atoms with E-state index in [1.807, 2.05) is 44.2 Å². The van der Waals surface area contributed by atoms with Crippen molar-refractivity contribution in [3.05, 3.63) is 82.7 Å². The van der Waals surface area contributed by atoms with Crippen LogP contribution >= 0.6 is 0 Å². The van der Waals surface area contributed by atoms with Gasteiger partial charge in [-0.3, -0.25) is 4.79 Å². The zero-order chi connectivity index (χ0) is 25.4. The molecule has 0 aliphatic heterocycles. The van der Waals surface area contributed by atoms with E-state index < -0.39 is 11.8 Å². The summed E-state index contributed by atoms with van der Waals surface area (Å²) < 4.78 is 20.2. The molecule has 0 spiro atoms. The summed E-state index contributed by atoms with van der Waals surface area (Å²) in [6.07, 6.45) is 3.49. The normalized spacial score (nSPS) is 10.7. The molecule has 0 saturated heterocycles. The molecule has 0 aliphatic rings. The molecule has 184 valence electrons.